The molecule has 0 saturated carbocycles. The van der Waals surface area contributed by atoms with Crippen LogP contribution in [-0.2, 0) is 13.0 Å². The Morgan fingerprint density at radius 3 is 2.76 bits per heavy atom. The Hall–Kier alpha value is -3.72. The minimum Gasteiger partial charge on any atom is -0.486 e. The van der Waals surface area contributed by atoms with Crippen LogP contribution in [0.5, 0.6) is 17.4 Å². The van der Waals surface area contributed by atoms with Crippen LogP contribution in [0.15, 0.2) is 42.5 Å². The average molecular weight is 483 g/mol. The van der Waals surface area contributed by atoms with Crippen LogP contribution in [0.3, 0.4) is 0 Å². The molecule has 0 bridgehead atoms. The summed E-state index contributed by atoms with van der Waals surface area (Å²) in [5, 5.41) is 3.17. The van der Waals surface area contributed by atoms with Gasteiger partial charge in [-0.15, -0.1) is 0 Å². The Labute approximate surface area is 201 Å². The summed E-state index contributed by atoms with van der Waals surface area (Å²) in [4.78, 5) is 31.9. The number of ether oxygens (including phenoxy) is 3. The van der Waals surface area contributed by atoms with Crippen LogP contribution < -0.4 is 24.4 Å². The van der Waals surface area contributed by atoms with E-state index in [1.54, 1.807) is 49.5 Å². The molecule has 3 heterocycles. The molecule has 0 unspecified atom stereocenters. The lowest BCUT2D eigenvalue weighted by molar-refractivity contribution is 0.0991. The summed E-state index contributed by atoms with van der Waals surface area (Å²) in [5.41, 5.74) is 0.908. The van der Waals surface area contributed by atoms with Crippen LogP contribution in [0.4, 0.5) is 16.3 Å². The molecule has 0 spiro atoms. The zero-order chi connectivity index (χ0) is 23.7. The first kappa shape index (κ1) is 22.1. The van der Waals surface area contributed by atoms with Crippen molar-refractivity contribution >= 4 is 35.1 Å². The first-order valence-electron chi connectivity index (χ1n) is 11.0. The molecule has 34 heavy (non-hydrogen) atoms. The fourth-order valence-corrected chi connectivity index (χ4v) is 4.22. The van der Waals surface area contributed by atoms with Gasteiger partial charge in [0.2, 0.25) is 5.88 Å². The molecule has 10 heteroatoms. The highest BCUT2D eigenvalue weighted by Gasteiger charge is 2.28. The summed E-state index contributed by atoms with van der Waals surface area (Å²) in [6, 6.07) is 11.8. The minimum atomic E-state index is -0.699. The third-order valence-electron chi connectivity index (χ3n) is 5.69. The number of rotatable bonds is 4. The highest BCUT2D eigenvalue weighted by Crippen LogP contribution is 2.35. The molecule has 0 aliphatic carbocycles. The number of nitrogens with one attached hydrogen (secondary N) is 1. The van der Waals surface area contributed by atoms with Crippen molar-refractivity contribution in [2.75, 3.05) is 30.5 Å². The number of benzene rings is 2. The molecule has 1 aromatic heterocycles. The van der Waals surface area contributed by atoms with Gasteiger partial charge in [0, 0.05) is 42.4 Å². The van der Waals surface area contributed by atoms with Crippen LogP contribution in [0, 0.1) is 0 Å². The molecular weight excluding hydrogens is 460 g/mol. The predicted molar refractivity (Wildman–Crippen MR) is 126 cm³/mol. The second kappa shape index (κ2) is 9.26. The number of aromatic nitrogens is 2. The van der Waals surface area contributed by atoms with E-state index >= 15 is 0 Å². The third kappa shape index (κ3) is 4.38. The van der Waals surface area contributed by atoms with Gasteiger partial charge in [0.15, 0.2) is 17.3 Å². The number of amides is 2. The maximum atomic E-state index is 13.1. The summed E-state index contributed by atoms with van der Waals surface area (Å²) in [7, 11) is 1.60. The van der Waals surface area contributed by atoms with E-state index < -0.39 is 6.09 Å². The van der Waals surface area contributed by atoms with Gasteiger partial charge in [0.1, 0.15) is 19.0 Å². The Morgan fingerprint density at radius 1 is 1.12 bits per heavy atom. The number of fused-ring (bicyclic) bond motifs is 2. The second-order valence-electron chi connectivity index (χ2n) is 8.01. The number of carbonyl (C=O) groups excluding carboxylic acids is 2. The molecule has 2 aromatic carbocycles. The van der Waals surface area contributed by atoms with Gasteiger partial charge >= 0.3 is 6.09 Å². The topological polar surface area (TPSA) is 94.9 Å². The Kier molecular flexibility index (Phi) is 6.02. The van der Waals surface area contributed by atoms with E-state index in [0.717, 1.165) is 25.1 Å². The van der Waals surface area contributed by atoms with Gasteiger partial charge in [-0.25, -0.2) is 9.78 Å². The minimum absolute atomic E-state index is 0.225. The van der Waals surface area contributed by atoms with Gasteiger partial charge in [-0.05, 0) is 43.2 Å². The van der Waals surface area contributed by atoms with Crippen LogP contribution in [0.25, 0.3) is 0 Å². The second-order valence-corrected chi connectivity index (χ2v) is 8.45. The zero-order valence-electron chi connectivity index (χ0n) is 18.5. The fourth-order valence-electron chi connectivity index (χ4n) is 4.03. The summed E-state index contributed by atoms with van der Waals surface area (Å²) >= 11 is 6.06. The highest BCUT2D eigenvalue weighted by molar-refractivity contribution is 6.31. The van der Waals surface area contributed by atoms with Crippen molar-refractivity contribution in [3.8, 4) is 17.4 Å². The summed E-state index contributed by atoms with van der Waals surface area (Å²) in [6.07, 6.45) is 1.94. The molecule has 9 nitrogen and oxygen atoms in total. The first-order chi connectivity index (χ1) is 16.5. The number of hydrogen-bond donors (Lipinski definition) is 1. The summed E-state index contributed by atoms with van der Waals surface area (Å²) < 4.78 is 18.7. The number of anilines is 2. The van der Waals surface area contributed by atoms with E-state index in [1.807, 2.05) is 4.57 Å². The molecule has 1 N–H and O–H groups in total. The fraction of sp³-hybridized carbons (Fsp3) is 0.292. The number of hydrogen-bond acceptors (Lipinski definition) is 6. The van der Waals surface area contributed by atoms with E-state index in [4.69, 9.17) is 25.8 Å². The van der Waals surface area contributed by atoms with Crippen molar-refractivity contribution in [3.05, 3.63) is 58.9 Å². The number of halogens is 1. The van der Waals surface area contributed by atoms with E-state index in [2.05, 4.69) is 10.3 Å². The van der Waals surface area contributed by atoms with Gasteiger partial charge in [0.05, 0.1) is 0 Å². The van der Waals surface area contributed by atoms with Crippen LogP contribution in [-0.4, -0.2) is 41.8 Å². The first-order valence-corrected chi connectivity index (χ1v) is 11.4. The van der Waals surface area contributed by atoms with Gasteiger partial charge < -0.3 is 14.2 Å². The molecule has 2 aliphatic rings. The van der Waals surface area contributed by atoms with Crippen LogP contribution in [0.2, 0.25) is 5.02 Å². The molecule has 0 radical (unpaired) electrons. The number of carbonyl (C=O) groups is 2. The van der Waals surface area contributed by atoms with E-state index in [-0.39, 0.29) is 17.6 Å². The largest absolute Gasteiger partial charge is 0.486 e. The molecular formula is C24H23ClN4O5. The van der Waals surface area contributed by atoms with Crippen molar-refractivity contribution in [1.82, 2.24) is 9.55 Å². The standard InChI is InChI=1S/C24H23ClN4O5/c1-28(22(30)15-5-4-6-16(25)13-15)21-23(29-10-3-2-7-20(29)27-21)34-24(31)26-17-8-9-18-19(14-17)33-12-11-32-18/h4-6,8-9,13-14H,2-3,7,10-12H2,1H3,(H,26,31). The lowest BCUT2D eigenvalue weighted by atomic mass is 10.2. The lowest BCUT2D eigenvalue weighted by Crippen LogP contribution is -2.28. The Bertz CT molecular complexity index is 1260. The SMILES string of the molecule is CN(C(=O)c1cccc(Cl)c1)c1nc2n(c1OC(=O)Nc1ccc3c(c1)OCCO3)CCCC2. The lowest BCUT2D eigenvalue weighted by Gasteiger charge is -2.20. The van der Waals surface area contributed by atoms with Crippen molar-refractivity contribution in [1.29, 1.82) is 0 Å². The molecule has 176 valence electrons. The van der Waals surface area contributed by atoms with Crippen LogP contribution in [0.1, 0.15) is 29.0 Å². The normalized spacial score (nSPS) is 14.2. The van der Waals surface area contributed by atoms with Crippen molar-refractivity contribution in [3.63, 3.8) is 0 Å². The van der Waals surface area contributed by atoms with Crippen molar-refractivity contribution in [2.45, 2.75) is 25.8 Å². The van der Waals surface area contributed by atoms with E-state index in [0.29, 0.717) is 47.5 Å². The molecule has 0 atom stereocenters. The van der Waals surface area contributed by atoms with Crippen molar-refractivity contribution in [2.24, 2.45) is 0 Å². The van der Waals surface area contributed by atoms with Gasteiger partial charge in [-0.3, -0.25) is 19.6 Å². The van der Waals surface area contributed by atoms with E-state index in [9.17, 15) is 9.59 Å². The van der Waals surface area contributed by atoms with Crippen LogP contribution >= 0.6 is 11.6 Å². The van der Waals surface area contributed by atoms with Gasteiger partial charge in [-0.2, -0.15) is 0 Å². The molecule has 0 saturated heterocycles. The third-order valence-corrected chi connectivity index (χ3v) is 5.92. The quantitative estimate of drug-likeness (QED) is 0.587. The molecule has 2 amide bonds. The Balaban J connectivity index is 1.40. The smallest absolute Gasteiger partial charge is 0.418 e. The molecule has 2 aliphatic heterocycles. The summed E-state index contributed by atoms with van der Waals surface area (Å²) in [6.45, 7) is 1.58. The monoisotopic (exact) mass is 482 g/mol. The molecule has 0 fully saturated rings. The maximum absolute atomic E-state index is 13.1. The van der Waals surface area contributed by atoms with E-state index in [1.165, 1.54) is 4.90 Å². The molecule has 5 rings (SSSR count). The number of imidazole rings is 1. The zero-order valence-corrected chi connectivity index (χ0v) is 19.3. The number of nitrogens with zero attached hydrogens (tertiary/aromatic N) is 3. The summed E-state index contributed by atoms with van der Waals surface area (Å²) in [5.74, 6) is 2.14. The van der Waals surface area contributed by atoms with Gasteiger partial charge in [0.25, 0.3) is 5.91 Å². The van der Waals surface area contributed by atoms with Gasteiger partial charge in [-0.1, -0.05) is 17.7 Å². The van der Waals surface area contributed by atoms with Crippen molar-refractivity contribution < 1.29 is 23.8 Å². The number of aryl methyl sites for hydroxylation is 1. The Morgan fingerprint density at radius 2 is 1.94 bits per heavy atom. The average Bonchev–Trinajstić information content (AvgIpc) is 3.21. The predicted octanol–water partition coefficient (Wildman–Crippen LogP) is 4.53. The maximum Gasteiger partial charge on any atom is 0.418 e. The highest BCUT2D eigenvalue weighted by atomic mass is 35.5. The molecule has 3 aromatic rings.